The van der Waals surface area contributed by atoms with Crippen LogP contribution in [0.5, 0.6) is 0 Å². The molecule has 1 saturated carbocycles. The van der Waals surface area contributed by atoms with Crippen LogP contribution in [0.4, 0.5) is 10.5 Å². The highest BCUT2D eigenvalue weighted by Gasteiger charge is 2.41. The molecule has 0 aromatic heterocycles. The standard InChI is InChI=1S/C15H18N2O3S/c1-21-15(7-8-15)10-16-14(20)17-12-4-2-3-11(9-12)5-6-13(18)19/h2-6,9H,7-8,10H2,1H3,(H,18,19)(H2,16,17,20)/b6-5+. The van der Waals surface area contributed by atoms with Crippen molar-refractivity contribution in [3.8, 4) is 0 Å². The third-order valence-electron chi connectivity index (χ3n) is 3.37. The van der Waals surface area contributed by atoms with Gasteiger partial charge in [-0.25, -0.2) is 9.59 Å². The maximum Gasteiger partial charge on any atom is 0.328 e. The van der Waals surface area contributed by atoms with Crippen LogP contribution in [0.3, 0.4) is 0 Å². The SMILES string of the molecule is CSC1(CNC(=O)Nc2cccc(/C=C/C(=O)O)c2)CC1. The number of carboxylic acid groups (broad SMARTS) is 1. The molecule has 0 unspecified atom stereocenters. The molecule has 1 fully saturated rings. The van der Waals surface area contributed by atoms with Gasteiger partial charge < -0.3 is 15.7 Å². The van der Waals surface area contributed by atoms with Gasteiger partial charge in [-0.2, -0.15) is 11.8 Å². The van der Waals surface area contributed by atoms with Gasteiger partial charge in [-0.1, -0.05) is 12.1 Å². The molecule has 0 radical (unpaired) electrons. The summed E-state index contributed by atoms with van der Waals surface area (Å²) in [5, 5.41) is 14.2. The molecule has 0 heterocycles. The molecule has 3 N–H and O–H groups in total. The summed E-state index contributed by atoms with van der Waals surface area (Å²) in [4.78, 5) is 22.3. The summed E-state index contributed by atoms with van der Waals surface area (Å²) >= 11 is 1.79. The highest BCUT2D eigenvalue weighted by atomic mass is 32.2. The normalized spacial score (nSPS) is 15.7. The van der Waals surface area contributed by atoms with Crippen molar-refractivity contribution in [1.82, 2.24) is 5.32 Å². The van der Waals surface area contributed by atoms with Gasteiger partial charge in [0.1, 0.15) is 0 Å². The molecule has 5 nitrogen and oxygen atoms in total. The Bertz CT molecular complexity index is 568. The smallest absolute Gasteiger partial charge is 0.328 e. The Hall–Kier alpha value is -1.95. The van der Waals surface area contributed by atoms with Crippen molar-refractivity contribution in [3.63, 3.8) is 0 Å². The van der Waals surface area contributed by atoms with Gasteiger partial charge in [-0.05, 0) is 42.9 Å². The number of aliphatic carboxylic acids is 1. The maximum absolute atomic E-state index is 11.8. The molecule has 1 aliphatic carbocycles. The van der Waals surface area contributed by atoms with E-state index in [0.717, 1.165) is 24.5 Å². The van der Waals surface area contributed by atoms with E-state index in [0.29, 0.717) is 12.2 Å². The van der Waals surface area contributed by atoms with E-state index in [4.69, 9.17) is 5.11 Å². The van der Waals surface area contributed by atoms with E-state index in [1.807, 2.05) is 0 Å². The van der Waals surface area contributed by atoms with Crippen LogP contribution in [0, 0.1) is 0 Å². The molecule has 6 heteroatoms. The Kier molecular flexibility index (Phi) is 4.90. The van der Waals surface area contributed by atoms with Crippen molar-refractivity contribution >= 4 is 35.5 Å². The van der Waals surface area contributed by atoms with Crippen LogP contribution in [0.15, 0.2) is 30.3 Å². The molecule has 21 heavy (non-hydrogen) atoms. The first kappa shape index (κ1) is 15.4. The number of urea groups is 1. The number of hydrogen-bond acceptors (Lipinski definition) is 3. The molecular formula is C15H18N2O3S. The molecule has 1 aromatic rings. The largest absolute Gasteiger partial charge is 0.478 e. The van der Waals surface area contributed by atoms with Crippen LogP contribution < -0.4 is 10.6 Å². The van der Waals surface area contributed by atoms with E-state index in [9.17, 15) is 9.59 Å². The van der Waals surface area contributed by atoms with E-state index >= 15 is 0 Å². The number of anilines is 1. The molecule has 2 rings (SSSR count). The number of carbonyl (C=O) groups excluding carboxylic acids is 1. The topological polar surface area (TPSA) is 78.4 Å². The summed E-state index contributed by atoms with van der Waals surface area (Å²) in [6, 6.07) is 6.78. The number of rotatable bonds is 6. The van der Waals surface area contributed by atoms with Crippen LogP contribution >= 0.6 is 11.8 Å². The first-order valence-electron chi connectivity index (χ1n) is 6.64. The molecule has 0 spiro atoms. The quantitative estimate of drug-likeness (QED) is 0.706. The number of amides is 2. The Labute approximate surface area is 127 Å². The zero-order valence-electron chi connectivity index (χ0n) is 11.8. The molecule has 1 aromatic carbocycles. The van der Waals surface area contributed by atoms with Gasteiger partial charge in [-0.3, -0.25) is 0 Å². The number of hydrogen-bond donors (Lipinski definition) is 3. The second-order valence-electron chi connectivity index (χ2n) is 4.99. The molecule has 2 amide bonds. The van der Waals surface area contributed by atoms with Gasteiger partial charge in [0.25, 0.3) is 0 Å². The monoisotopic (exact) mass is 306 g/mol. The van der Waals surface area contributed by atoms with E-state index in [1.54, 1.807) is 36.0 Å². The summed E-state index contributed by atoms with van der Waals surface area (Å²) in [6.45, 7) is 0.665. The maximum atomic E-state index is 11.8. The van der Waals surface area contributed by atoms with Crippen molar-refractivity contribution in [2.24, 2.45) is 0 Å². The van der Waals surface area contributed by atoms with E-state index < -0.39 is 5.97 Å². The summed E-state index contributed by atoms with van der Waals surface area (Å²) < 4.78 is 0.226. The third-order valence-corrected chi connectivity index (χ3v) is 4.79. The second kappa shape index (κ2) is 6.67. The summed E-state index contributed by atoms with van der Waals surface area (Å²) in [5.74, 6) is -1.00. The number of thioether (sulfide) groups is 1. The minimum atomic E-state index is -1.00. The zero-order chi connectivity index (χ0) is 15.3. The number of carboxylic acids is 1. The molecule has 0 saturated heterocycles. The summed E-state index contributed by atoms with van der Waals surface area (Å²) in [6.07, 6.45) is 6.89. The van der Waals surface area contributed by atoms with Gasteiger partial charge >= 0.3 is 12.0 Å². The average Bonchev–Trinajstić information content (AvgIpc) is 3.24. The van der Waals surface area contributed by atoms with Gasteiger partial charge in [0.2, 0.25) is 0 Å². The first-order chi connectivity index (χ1) is 10.0. The molecular weight excluding hydrogens is 288 g/mol. The molecule has 112 valence electrons. The van der Waals surface area contributed by atoms with E-state index in [2.05, 4.69) is 16.9 Å². The Morgan fingerprint density at radius 3 is 2.81 bits per heavy atom. The van der Waals surface area contributed by atoms with Crippen molar-refractivity contribution in [3.05, 3.63) is 35.9 Å². The van der Waals surface area contributed by atoms with Gasteiger partial charge in [-0.15, -0.1) is 0 Å². The highest BCUT2D eigenvalue weighted by Crippen LogP contribution is 2.46. The predicted octanol–water partition coefficient (Wildman–Crippen LogP) is 2.80. The average molecular weight is 306 g/mol. The van der Waals surface area contributed by atoms with Gasteiger partial charge in [0, 0.05) is 23.1 Å². The molecule has 0 atom stereocenters. The van der Waals surface area contributed by atoms with Crippen LogP contribution in [-0.4, -0.2) is 34.7 Å². The molecule has 0 bridgehead atoms. The molecule has 1 aliphatic rings. The minimum absolute atomic E-state index is 0.226. The number of benzene rings is 1. The van der Waals surface area contributed by atoms with Crippen LogP contribution in [0.25, 0.3) is 6.08 Å². The van der Waals surface area contributed by atoms with Gasteiger partial charge in [0.15, 0.2) is 0 Å². The number of nitrogens with one attached hydrogen (secondary N) is 2. The Morgan fingerprint density at radius 2 is 2.19 bits per heavy atom. The Morgan fingerprint density at radius 1 is 1.43 bits per heavy atom. The lowest BCUT2D eigenvalue weighted by Gasteiger charge is -2.13. The van der Waals surface area contributed by atoms with Crippen LogP contribution in [0.2, 0.25) is 0 Å². The van der Waals surface area contributed by atoms with Gasteiger partial charge in [0.05, 0.1) is 0 Å². The zero-order valence-corrected chi connectivity index (χ0v) is 12.6. The summed E-state index contributed by atoms with van der Waals surface area (Å²) in [7, 11) is 0. The van der Waals surface area contributed by atoms with Crippen molar-refractivity contribution in [2.75, 3.05) is 18.1 Å². The lowest BCUT2D eigenvalue weighted by molar-refractivity contribution is -0.131. The van der Waals surface area contributed by atoms with E-state index in [-0.39, 0.29) is 10.8 Å². The number of carbonyl (C=O) groups is 2. The lowest BCUT2D eigenvalue weighted by atomic mass is 10.2. The fraction of sp³-hybridized carbons (Fsp3) is 0.333. The summed E-state index contributed by atoms with van der Waals surface area (Å²) in [5.41, 5.74) is 1.35. The Balaban J connectivity index is 1.88. The predicted molar refractivity (Wildman–Crippen MR) is 85.6 cm³/mol. The van der Waals surface area contributed by atoms with Crippen molar-refractivity contribution < 1.29 is 14.7 Å². The first-order valence-corrected chi connectivity index (χ1v) is 7.87. The van der Waals surface area contributed by atoms with Crippen molar-refractivity contribution in [2.45, 2.75) is 17.6 Å². The van der Waals surface area contributed by atoms with Crippen LogP contribution in [-0.2, 0) is 4.79 Å². The lowest BCUT2D eigenvalue weighted by Crippen LogP contribution is -2.35. The fourth-order valence-corrected chi connectivity index (χ4v) is 2.62. The highest BCUT2D eigenvalue weighted by molar-refractivity contribution is 8.00. The molecule has 0 aliphatic heterocycles. The second-order valence-corrected chi connectivity index (χ2v) is 6.27. The van der Waals surface area contributed by atoms with Crippen molar-refractivity contribution in [1.29, 1.82) is 0 Å². The minimum Gasteiger partial charge on any atom is -0.478 e. The third kappa shape index (κ3) is 4.82. The van der Waals surface area contributed by atoms with Crippen LogP contribution in [0.1, 0.15) is 18.4 Å². The van der Waals surface area contributed by atoms with E-state index in [1.165, 1.54) is 6.08 Å². The fourth-order valence-electron chi connectivity index (χ4n) is 1.90.